The van der Waals surface area contributed by atoms with Gasteiger partial charge in [-0.3, -0.25) is 34.3 Å². The van der Waals surface area contributed by atoms with Crippen molar-refractivity contribution in [1.82, 2.24) is 20.4 Å². The standard InChI is InChI=1S/C25H33N5O4/c1-15-12-28(13-16(2)29(15)14-17-7-9-26-10-8-17)18-3-4-19-20(11-18)25(34)30(24(19)33)21-5-6-22(31)27-23(21)32/h3-4,11,15-17,21,26H,5-10,12-14H2,1-2H3,(H,27,31,32). The van der Waals surface area contributed by atoms with E-state index in [-0.39, 0.29) is 18.7 Å². The molecular weight excluding hydrogens is 434 g/mol. The molecule has 2 N–H and O–H groups in total. The number of benzene rings is 1. The maximum absolute atomic E-state index is 13.2. The van der Waals surface area contributed by atoms with Crippen LogP contribution in [0.4, 0.5) is 5.69 Å². The molecule has 34 heavy (non-hydrogen) atoms. The van der Waals surface area contributed by atoms with Crippen LogP contribution in [0.3, 0.4) is 0 Å². The molecule has 1 aromatic carbocycles. The fraction of sp³-hybridized carbons (Fsp3) is 0.600. The molecule has 0 spiro atoms. The quantitative estimate of drug-likeness (QED) is 0.637. The van der Waals surface area contributed by atoms with Gasteiger partial charge in [0.15, 0.2) is 0 Å². The van der Waals surface area contributed by atoms with Gasteiger partial charge < -0.3 is 10.2 Å². The van der Waals surface area contributed by atoms with Crippen LogP contribution in [0.5, 0.6) is 0 Å². The zero-order chi connectivity index (χ0) is 24.0. The van der Waals surface area contributed by atoms with E-state index in [9.17, 15) is 19.2 Å². The summed E-state index contributed by atoms with van der Waals surface area (Å²) in [6.45, 7) is 9.55. The van der Waals surface area contributed by atoms with Gasteiger partial charge in [-0.15, -0.1) is 0 Å². The van der Waals surface area contributed by atoms with E-state index >= 15 is 0 Å². The summed E-state index contributed by atoms with van der Waals surface area (Å²) in [5, 5.41) is 5.68. The monoisotopic (exact) mass is 467 g/mol. The molecule has 0 saturated carbocycles. The molecule has 0 radical (unpaired) electrons. The van der Waals surface area contributed by atoms with Crippen molar-refractivity contribution in [2.24, 2.45) is 5.92 Å². The van der Waals surface area contributed by atoms with E-state index in [1.807, 2.05) is 6.07 Å². The zero-order valence-corrected chi connectivity index (χ0v) is 19.9. The maximum Gasteiger partial charge on any atom is 0.262 e. The molecule has 4 amide bonds. The highest BCUT2D eigenvalue weighted by Crippen LogP contribution is 2.32. The number of nitrogens with zero attached hydrogens (tertiary/aromatic N) is 3. The summed E-state index contributed by atoms with van der Waals surface area (Å²) in [5.41, 5.74) is 1.58. The smallest absolute Gasteiger partial charge is 0.262 e. The predicted octanol–water partition coefficient (Wildman–Crippen LogP) is 0.986. The lowest BCUT2D eigenvalue weighted by molar-refractivity contribution is -0.136. The first-order valence-electron chi connectivity index (χ1n) is 12.4. The number of piperidine rings is 2. The lowest BCUT2D eigenvalue weighted by Crippen LogP contribution is -2.58. The van der Waals surface area contributed by atoms with Crippen molar-refractivity contribution in [3.63, 3.8) is 0 Å². The molecule has 1 aromatic rings. The SMILES string of the molecule is CC1CN(c2ccc3c(c2)C(=O)N(C2CCC(=O)NC2=O)C3=O)CC(C)N1CC1CCNCC1. The fourth-order valence-corrected chi connectivity index (χ4v) is 5.95. The second-order valence-corrected chi connectivity index (χ2v) is 10.2. The van der Waals surface area contributed by atoms with Gasteiger partial charge in [-0.1, -0.05) is 0 Å². The van der Waals surface area contributed by atoms with Gasteiger partial charge in [-0.05, 0) is 70.3 Å². The van der Waals surface area contributed by atoms with E-state index in [1.165, 1.54) is 12.8 Å². The number of carbonyl (C=O) groups is 4. The van der Waals surface area contributed by atoms with Crippen LogP contribution in [0.2, 0.25) is 0 Å². The lowest BCUT2D eigenvalue weighted by Gasteiger charge is -2.47. The normalized spacial score (nSPS) is 28.9. The molecular formula is C25H33N5O4. The van der Waals surface area contributed by atoms with Crippen LogP contribution >= 0.6 is 0 Å². The molecule has 0 aliphatic carbocycles. The van der Waals surface area contributed by atoms with Crippen LogP contribution in [0.1, 0.15) is 60.2 Å². The van der Waals surface area contributed by atoms with Crippen molar-refractivity contribution in [3.8, 4) is 0 Å². The molecule has 3 saturated heterocycles. The number of anilines is 1. The Morgan fingerprint density at radius 1 is 0.912 bits per heavy atom. The number of imide groups is 2. The summed E-state index contributed by atoms with van der Waals surface area (Å²) in [7, 11) is 0. The summed E-state index contributed by atoms with van der Waals surface area (Å²) in [6.07, 6.45) is 2.73. The number of hydrogen-bond donors (Lipinski definition) is 2. The van der Waals surface area contributed by atoms with Gasteiger partial charge in [0, 0.05) is 43.8 Å². The van der Waals surface area contributed by atoms with Crippen LogP contribution in [0, 0.1) is 5.92 Å². The third-order valence-corrected chi connectivity index (χ3v) is 7.82. The molecule has 3 unspecified atom stereocenters. The van der Waals surface area contributed by atoms with Gasteiger partial charge >= 0.3 is 0 Å². The van der Waals surface area contributed by atoms with E-state index in [4.69, 9.17) is 0 Å². The molecule has 3 atom stereocenters. The highest BCUT2D eigenvalue weighted by molar-refractivity contribution is 6.23. The van der Waals surface area contributed by atoms with Crippen LogP contribution in [0.25, 0.3) is 0 Å². The third kappa shape index (κ3) is 4.11. The van der Waals surface area contributed by atoms with Gasteiger partial charge in [0.25, 0.3) is 11.8 Å². The number of amides is 4. The Bertz CT molecular complexity index is 1010. The minimum Gasteiger partial charge on any atom is -0.368 e. The van der Waals surface area contributed by atoms with Crippen LogP contribution in [-0.4, -0.2) is 84.3 Å². The average Bonchev–Trinajstić information content (AvgIpc) is 3.06. The molecule has 5 rings (SSSR count). The molecule has 0 aromatic heterocycles. The Hall–Kier alpha value is -2.78. The molecule has 4 aliphatic rings. The second kappa shape index (κ2) is 9.11. The first-order valence-corrected chi connectivity index (χ1v) is 12.4. The van der Waals surface area contributed by atoms with Crippen LogP contribution < -0.4 is 15.5 Å². The van der Waals surface area contributed by atoms with Crippen molar-refractivity contribution in [2.45, 2.75) is 57.7 Å². The highest BCUT2D eigenvalue weighted by atomic mass is 16.2. The minimum atomic E-state index is -0.938. The van der Waals surface area contributed by atoms with Crippen LogP contribution in [-0.2, 0) is 9.59 Å². The lowest BCUT2D eigenvalue weighted by atomic mass is 9.95. The Morgan fingerprint density at radius 3 is 2.26 bits per heavy atom. The second-order valence-electron chi connectivity index (χ2n) is 10.2. The number of fused-ring (bicyclic) bond motifs is 1. The Balaban J connectivity index is 1.31. The van der Waals surface area contributed by atoms with Gasteiger partial charge in [0.2, 0.25) is 11.8 Å². The van der Waals surface area contributed by atoms with Crippen molar-refractivity contribution in [1.29, 1.82) is 0 Å². The average molecular weight is 468 g/mol. The third-order valence-electron chi connectivity index (χ3n) is 7.82. The van der Waals surface area contributed by atoms with Crippen molar-refractivity contribution in [2.75, 3.05) is 37.6 Å². The Kier molecular flexibility index (Phi) is 6.16. The van der Waals surface area contributed by atoms with E-state index in [0.717, 1.165) is 49.2 Å². The number of hydrogen-bond acceptors (Lipinski definition) is 7. The molecule has 0 bridgehead atoms. The summed E-state index contributed by atoms with van der Waals surface area (Å²) in [6, 6.07) is 5.22. The van der Waals surface area contributed by atoms with Crippen LogP contribution in [0.15, 0.2) is 18.2 Å². The fourth-order valence-electron chi connectivity index (χ4n) is 5.95. The van der Waals surface area contributed by atoms with Gasteiger partial charge in [-0.2, -0.15) is 0 Å². The van der Waals surface area contributed by atoms with Crippen molar-refractivity contribution >= 4 is 29.3 Å². The summed E-state index contributed by atoms with van der Waals surface area (Å²) in [4.78, 5) is 55.9. The molecule has 3 fully saturated rings. The number of rotatable bonds is 4. The first kappa shape index (κ1) is 23.0. The van der Waals surface area contributed by atoms with Gasteiger partial charge in [0.05, 0.1) is 11.1 Å². The van der Waals surface area contributed by atoms with E-state index in [2.05, 4.69) is 34.3 Å². The molecule has 4 heterocycles. The topological polar surface area (TPSA) is 102 Å². The summed E-state index contributed by atoms with van der Waals surface area (Å²) in [5.74, 6) is -1.14. The molecule has 9 heteroatoms. The van der Waals surface area contributed by atoms with Gasteiger partial charge in [-0.25, -0.2) is 0 Å². The zero-order valence-electron chi connectivity index (χ0n) is 19.9. The number of carbonyl (C=O) groups excluding carboxylic acids is 4. The highest BCUT2D eigenvalue weighted by Gasteiger charge is 2.45. The first-order chi connectivity index (χ1) is 16.3. The molecule has 182 valence electrons. The number of nitrogens with one attached hydrogen (secondary N) is 2. The number of piperazine rings is 1. The van der Waals surface area contributed by atoms with E-state index in [1.54, 1.807) is 12.1 Å². The summed E-state index contributed by atoms with van der Waals surface area (Å²) >= 11 is 0. The van der Waals surface area contributed by atoms with E-state index in [0.29, 0.717) is 23.2 Å². The Morgan fingerprint density at radius 2 is 1.59 bits per heavy atom. The van der Waals surface area contributed by atoms with Crippen molar-refractivity contribution < 1.29 is 19.2 Å². The maximum atomic E-state index is 13.2. The largest absolute Gasteiger partial charge is 0.368 e. The van der Waals surface area contributed by atoms with Crippen molar-refractivity contribution in [3.05, 3.63) is 29.3 Å². The van der Waals surface area contributed by atoms with Gasteiger partial charge in [0.1, 0.15) is 6.04 Å². The summed E-state index contributed by atoms with van der Waals surface area (Å²) < 4.78 is 0. The molecule has 4 aliphatic heterocycles. The molecule has 9 nitrogen and oxygen atoms in total. The van der Waals surface area contributed by atoms with E-state index < -0.39 is 23.8 Å². The minimum absolute atomic E-state index is 0.118. The Labute approximate surface area is 199 Å². The predicted molar refractivity (Wildman–Crippen MR) is 127 cm³/mol.